The van der Waals surface area contributed by atoms with E-state index in [0.29, 0.717) is 24.5 Å². The molecule has 1 aromatic rings. The van der Waals surface area contributed by atoms with Crippen LogP contribution in [0.5, 0.6) is 0 Å². The molecule has 5 nitrogen and oxygen atoms in total. The number of carbonyl (C=O) groups is 1. The molecule has 0 bridgehead atoms. The van der Waals surface area contributed by atoms with E-state index in [1.54, 1.807) is 13.2 Å². The van der Waals surface area contributed by atoms with Gasteiger partial charge in [0.2, 0.25) is 0 Å². The lowest BCUT2D eigenvalue weighted by Gasteiger charge is -2.34. The second-order valence-electron chi connectivity index (χ2n) is 4.01. The summed E-state index contributed by atoms with van der Waals surface area (Å²) in [5.74, 6) is -0.309. The van der Waals surface area contributed by atoms with Crippen LogP contribution < -0.4 is 5.32 Å². The molecular formula is C11H15NO4. The van der Waals surface area contributed by atoms with Crippen LogP contribution in [0.1, 0.15) is 29.0 Å². The Labute approximate surface area is 93.4 Å². The molecule has 0 radical (unpaired) electrons. The van der Waals surface area contributed by atoms with Crippen molar-refractivity contribution in [3.05, 3.63) is 23.7 Å². The fourth-order valence-corrected chi connectivity index (χ4v) is 1.76. The third-order valence-corrected chi connectivity index (χ3v) is 2.89. The maximum atomic E-state index is 10.6. The fraction of sp³-hybridized carbons (Fsp3) is 0.545. The van der Waals surface area contributed by atoms with E-state index in [9.17, 15) is 4.79 Å². The number of furan rings is 1. The molecule has 1 heterocycles. The van der Waals surface area contributed by atoms with Gasteiger partial charge in [-0.05, 0) is 18.9 Å². The minimum Gasteiger partial charge on any atom is -0.478 e. The highest BCUT2D eigenvalue weighted by molar-refractivity contribution is 5.87. The van der Waals surface area contributed by atoms with Gasteiger partial charge >= 0.3 is 5.97 Å². The maximum absolute atomic E-state index is 10.6. The first-order chi connectivity index (χ1) is 7.69. The third kappa shape index (κ3) is 2.43. The van der Waals surface area contributed by atoms with Crippen molar-refractivity contribution in [2.75, 3.05) is 7.11 Å². The molecule has 2 rings (SSSR count). The van der Waals surface area contributed by atoms with Crippen molar-refractivity contribution < 1.29 is 19.1 Å². The largest absolute Gasteiger partial charge is 0.478 e. The first kappa shape index (κ1) is 11.2. The van der Waals surface area contributed by atoms with Gasteiger partial charge in [0, 0.05) is 13.2 Å². The van der Waals surface area contributed by atoms with Gasteiger partial charge in [-0.3, -0.25) is 0 Å². The number of hydrogen-bond acceptors (Lipinski definition) is 4. The van der Waals surface area contributed by atoms with Crippen LogP contribution in [0.4, 0.5) is 0 Å². The van der Waals surface area contributed by atoms with Gasteiger partial charge < -0.3 is 19.6 Å². The molecule has 0 aliphatic heterocycles. The number of hydrogen-bond donors (Lipinski definition) is 2. The van der Waals surface area contributed by atoms with E-state index in [0.717, 1.165) is 12.8 Å². The molecule has 0 atom stereocenters. The van der Waals surface area contributed by atoms with Crippen LogP contribution in [0.3, 0.4) is 0 Å². The van der Waals surface area contributed by atoms with Gasteiger partial charge in [0.15, 0.2) is 0 Å². The summed E-state index contributed by atoms with van der Waals surface area (Å²) in [6.45, 7) is 0.564. The minimum absolute atomic E-state index is 0.195. The van der Waals surface area contributed by atoms with Crippen LogP contribution in [-0.4, -0.2) is 30.3 Å². The Bertz CT molecular complexity index is 368. The molecule has 1 aromatic heterocycles. The van der Waals surface area contributed by atoms with Gasteiger partial charge in [-0.1, -0.05) is 0 Å². The summed E-state index contributed by atoms with van der Waals surface area (Å²) in [5, 5.41) is 12.0. The average Bonchev–Trinajstić information content (AvgIpc) is 2.64. The number of carboxylic acids is 1. The number of ether oxygens (including phenoxy) is 1. The van der Waals surface area contributed by atoms with E-state index in [1.807, 2.05) is 0 Å². The fourth-order valence-electron chi connectivity index (χ4n) is 1.76. The van der Waals surface area contributed by atoms with Crippen LogP contribution in [-0.2, 0) is 11.3 Å². The number of rotatable bonds is 5. The Morgan fingerprint density at radius 3 is 3.00 bits per heavy atom. The maximum Gasteiger partial charge on any atom is 0.338 e. The zero-order valence-electron chi connectivity index (χ0n) is 9.10. The molecule has 2 N–H and O–H groups in total. The molecule has 1 aliphatic rings. The lowest BCUT2D eigenvalue weighted by atomic mass is 9.89. The summed E-state index contributed by atoms with van der Waals surface area (Å²) in [6.07, 6.45) is 3.63. The number of nitrogens with one attached hydrogen (secondary N) is 1. The summed E-state index contributed by atoms with van der Waals surface area (Å²) in [6, 6.07) is 1.99. The van der Waals surface area contributed by atoms with Gasteiger partial charge in [0.05, 0.1) is 18.2 Å². The zero-order chi connectivity index (χ0) is 11.5. The first-order valence-electron chi connectivity index (χ1n) is 5.26. The van der Waals surface area contributed by atoms with E-state index in [1.165, 1.54) is 6.26 Å². The number of methoxy groups -OCH3 is 1. The van der Waals surface area contributed by atoms with Crippen molar-refractivity contribution in [2.24, 2.45) is 0 Å². The Hall–Kier alpha value is -1.33. The van der Waals surface area contributed by atoms with Crippen molar-refractivity contribution >= 4 is 5.97 Å². The second kappa shape index (κ2) is 4.67. The van der Waals surface area contributed by atoms with Crippen LogP contribution in [0.15, 0.2) is 16.7 Å². The Morgan fingerprint density at radius 1 is 1.69 bits per heavy atom. The number of carboxylic acid groups (broad SMARTS) is 1. The Balaban J connectivity index is 1.75. The Kier molecular flexibility index (Phi) is 3.26. The van der Waals surface area contributed by atoms with Gasteiger partial charge in [0.1, 0.15) is 12.0 Å². The van der Waals surface area contributed by atoms with E-state index in [-0.39, 0.29) is 5.56 Å². The topological polar surface area (TPSA) is 71.7 Å². The highest BCUT2D eigenvalue weighted by Gasteiger charge is 2.28. The molecule has 1 fully saturated rings. The molecule has 0 saturated heterocycles. The van der Waals surface area contributed by atoms with Gasteiger partial charge in [0.25, 0.3) is 0 Å². The van der Waals surface area contributed by atoms with Gasteiger partial charge in [-0.25, -0.2) is 4.79 Å². The smallest absolute Gasteiger partial charge is 0.338 e. The van der Waals surface area contributed by atoms with Crippen LogP contribution in [0.25, 0.3) is 0 Å². The lowest BCUT2D eigenvalue weighted by Crippen LogP contribution is -2.44. The van der Waals surface area contributed by atoms with E-state index >= 15 is 0 Å². The zero-order valence-corrected chi connectivity index (χ0v) is 9.10. The molecule has 1 saturated carbocycles. The van der Waals surface area contributed by atoms with Crippen LogP contribution in [0, 0.1) is 0 Å². The van der Waals surface area contributed by atoms with Gasteiger partial charge in [-0.2, -0.15) is 0 Å². The molecule has 0 amide bonds. The minimum atomic E-state index is -0.960. The van der Waals surface area contributed by atoms with Crippen molar-refractivity contribution in [1.82, 2.24) is 5.32 Å². The van der Waals surface area contributed by atoms with Crippen molar-refractivity contribution in [1.29, 1.82) is 0 Å². The standard InChI is InChI=1S/C11H15NO4/c1-15-9-3-8(4-9)12-5-10-2-7(6-16-10)11(13)14/h2,6,8-9,12H,3-5H2,1H3,(H,13,14). The molecule has 0 aromatic carbocycles. The van der Waals surface area contributed by atoms with Crippen molar-refractivity contribution in [3.8, 4) is 0 Å². The molecule has 1 aliphatic carbocycles. The second-order valence-corrected chi connectivity index (χ2v) is 4.01. The Morgan fingerprint density at radius 2 is 2.44 bits per heavy atom. The molecule has 0 unspecified atom stereocenters. The van der Waals surface area contributed by atoms with Crippen LogP contribution in [0.2, 0.25) is 0 Å². The average molecular weight is 225 g/mol. The van der Waals surface area contributed by atoms with Crippen LogP contribution >= 0.6 is 0 Å². The summed E-state index contributed by atoms with van der Waals surface area (Å²) in [7, 11) is 1.71. The van der Waals surface area contributed by atoms with E-state index in [4.69, 9.17) is 14.3 Å². The first-order valence-corrected chi connectivity index (χ1v) is 5.26. The lowest BCUT2D eigenvalue weighted by molar-refractivity contribution is 0.0165. The molecule has 0 spiro atoms. The summed E-state index contributed by atoms with van der Waals surface area (Å²) in [4.78, 5) is 10.6. The predicted molar refractivity (Wildman–Crippen MR) is 56.3 cm³/mol. The van der Waals surface area contributed by atoms with E-state index < -0.39 is 5.97 Å². The molecule has 5 heteroatoms. The molecular weight excluding hydrogens is 210 g/mol. The summed E-state index contributed by atoms with van der Waals surface area (Å²) < 4.78 is 10.3. The van der Waals surface area contributed by atoms with Crippen molar-refractivity contribution in [2.45, 2.75) is 31.5 Å². The third-order valence-electron chi connectivity index (χ3n) is 2.89. The monoisotopic (exact) mass is 225 g/mol. The highest BCUT2D eigenvalue weighted by atomic mass is 16.5. The van der Waals surface area contributed by atoms with E-state index in [2.05, 4.69) is 5.32 Å². The highest BCUT2D eigenvalue weighted by Crippen LogP contribution is 2.22. The summed E-state index contributed by atoms with van der Waals surface area (Å²) >= 11 is 0. The quantitative estimate of drug-likeness (QED) is 0.789. The SMILES string of the molecule is COC1CC(NCc2cc(C(=O)O)co2)C1. The number of aromatic carboxylic acids is 1. The predicted octanol–water partition coefficient (Wildman–Crippen LogP) is 1.24. The summed E-state index contributed by atoms with van der Waals surface area (Å²) in [5.41, 5.74) is 0.195. The van der Waals surface area contributed by atoms with Gasteiger partial charge in [-0.15, -0.1) is 0 Å². The van der Waals surface area contributed by atoms with Crippen molar-refractivity contribution in [3.63, 3.8) is 0 Å². The molecule has 16 heavy (non-hydrogen) atoms. The normalized spacial score (nSPS) is 24.1. The molecule has 88 valence electrons.